The minimum atomic E-state index is -3.23. The molecular formula is C14H28N2O2S. The fourth-order valence-electron chi connectivity index (χ4n) is 3.26. The fraction of sp³-hybridized carbons (Fsp3) is 1.00. The average Bonchev–Trinajstić information content (AvgIpc) is 2.27. The Balaban J connectivity index is 2.02. The summed E-state index contributed by atoms with van der Waals surface area (Å²) < 4.78 is 26.7. The van der Waals surface area contributed by atoms with Crippen molar-refractivity contribution in [1.82, 2.24) is 10.0 Å². The maximum absolute atomic E-state index is 12.3. The molecule has 0 radical (unpaired) electrons. The van der Waals surface area contributed by atoms with E-state index < -0.39 is 14.8 Å². The van der Waals surface area contributed by atoms with E-state index in [1.54, 1.807) is 20.8 Å². The van der Waals surface area contributed by atoms with Crippen molar-refractivity contribution >= 4 is 10.0 Å². The zero-order chi connectivity index (χ0) is 14.1. The van der Waals surface area contributed by atoms with Crippen LogP contribution in [-0.2, 0) is 10.0 Å². The highest BCUT2D eigenvalue weighted by atomic mass is 32.2. The van der Waals surface area contributed by atoms with E-state index in [1.807, 2.05) is 0 Å². The van der Waals surface area contributed by atoms with Gasteiger partial charge in [-0.05, 0) is 53.0 Å². The lowest BCUT2D eigenvalue weighted by atomic mass is 9.75. The topological polar surface area (TPSA) is 58.2 Å². The average molecular weight is 288 g/mol. The molecule has 2 aliphatic rings. The van der Waals surface area contributed by atoms with Gasteiger partial charge in [-0.2, -0.15) is 0 Å². The molecule has 1 aliphatic heterocycles. The van der Waals surface area contributed by atoms with Gasteiger partial charge < -0.3 is 5.32 Å². The van der Waals surface area contributed by atoms with Crippen molar-refractivity contribution in [3.05, 3.63) is 0 Å². The summed E-state index contributed by atoms with van der Waals surface area (Å²) in [5, 5.41) is 3.65. The van der Waals surface area contributed by atoms with Gasteiger partial charge in [0.25, 0.3) is 0 Å². The Morgan fingerprint density at radius 2 is 1.79 bits per heavy atom. The fourth-order valence-corrected chi connectivity index (χ4v) is 4.26. The highest BCUT2D eigenvalue weighted by Crippen LogP contribution is 2.35. The molecule has 5 heteroatoms. The van der Waals surface area contributed by atoms with E-state index in [2.05, 4.69) is 10.0 Å². The minimum absolute atomic E-state index is 0.101. The highest BCUT2D eigenvalue weighted by Gasteiger charge is 2.39. The van der Waals surface area contributed by atoms with Crippen LogP contribution in [-0.4, -0.2) is 31.3 Å². The van der Waals surface area contributed by atoms with Crippen LogP contribution >= 0.6 is 0 Å². The predicted octanol–water partition coefficient (Wildman–Crippen LogP) is 2.16. The van der Waals surface area contributed by atoms with Crippen molar-refractivity contribution in [2.24, 2.45) is 0 Å². The lowest BCUT2D eigenvalue weighted by Gasteiger charge is -2.45. The van der Waals surface area contributed by atoms with Gasteiger partial charge in [-0.15, -0.1) is 0 Å². The van der Waals surface area contributed by atoms with Gasteiger partial charge in [-0.1, -0.05) is 19.3 Å². The molecule has 2 N–H and O–H groups in total. The first-order chi connectivity index (χ1) is 8.74. The second kappa shape index (κ2) is 5.34. The summed E-state index contributed by atoms with van der Waals surface area (Å²) in [5.74, 6) is 0. The van der Waals surface area contributed by atoms with Crippen LogP contribution in [0.5, 0.6) is 0 Å². The molecule has 1 unspecified atom stereocenters. The first-order valence-electron chi connectivity index (χ1n) is 7.51. The first kappa shape index (κ1) is 15.3. The van der Waals surface area contributed by atoms with Crippen LogP contribution in [0.1, 0.15) is 65.7 Å². The number of sulfonamides is 1. The van der Waals surface area contributed by atoms with Crippen LogP contribution in [0.3, 0.4) is 0 Å². The molecule has 1 heterocycles. The Morgan fingerprint density at radius 3 is 2.37 bits per heavy atom. The van der Waals surface area contributed by atoms with Crippen molar-refractivity contribution in [2.45, 2.75) is 82.0 Å². The molecule has 1 aliphatic carbocycles. The molecule has 112 valence electrons. The molecule has 19 heavy (non-hydrogen) atoms. The summed E-state index contributed by atoms with van der Waals surface area (Å²) >= 11 is 0. The number of rotatable bonds is 2. The monoisotopic (exact) mass is 288 g/mol. The normalized spacial score (nSPS) is 28.5. The van der Waals surface area contributed by atoms with E-state index in [0.717, 1.165) is 19.4 Å². The van der Waals surface area contributed by atoms with Crippen molar-refractivity contribution in [3.8, 4) is 0 Å². The molecule has 4 nitrogen and oxygen atoms in total. The summed E-state index contributed by atoms with van der Waals surface area (Å²) in [6.07, 6.45) is 8.10. The number of hydrogen-bond donors (Lipinski definition) is 2. The van der Waals surface area contributed by atoms with E-state index in [1.165, 1.54) is 32.1 Å². The van der Waals surface area contributed by atoms with Gasteiger partial charge in [-0.25, -0.2) is 13.1 Å². The molecule has 0 amide bonds. The first-order valence-corrected chi connectivity index (χ1v) is 8.99. The van der Waals surface area contributed by atoms with Crippen molar-refractivity contribution in [2.75, 3.05) is 6.54 Å². The molecule has 2 rings (SSSR count). The lowest BCUT2D eigenvalue weighted by Crippen LogP contribution is -2.58. The maximum Gasteiger partial charge on any atom is 0.216 e. The molecular weight excluding hydrogens is 260 g/mol. The second-order valence-electron chi connectivity index (χ2n) is 7.19. The molecule has 2 fully saturated rings. The largest absolute Gasteiger partial charge is 0.311 e. The third kappa shape index (κ3) is 3.50. The number of nitrogens with one attached hydrogen (secondary N) is 2. The van der Waals surface area contributed by atoms with Gasteiger partial charge >= 0.3 is 0 Å². The zero-order valence-electron chi connectivity index (χ0n) is 12.5. The molecule has 1 atom stereocenters. The van der Waals surface area contributed by atoms with Crippen LogP contribution in [0, 0.1) is 0 Å². The third-order valence-corrected chi connectivity index (χ3v) is 6.82. The zero-order valence-corrected chi connectivity index (χ0v) is 13.3. The van der Waals surface area contributed by atoms with Crippen molar-refractivity contribution < 1.29 is 8.42 Å². The van der Waals surface area contributed by atoms with E-state index in [4.69, 9.17) is 0 Å². The Bertz CT molecular complexity index is 400. The molecule has 0 aromatic carbocycles. The Kier molecular flexibility index (Phi) is 4.29. The Labute approximate surface area is 117 Å². The lowest BCUT2D eigenvalue weighted by molar-refractivity contribution is 0.165. The van der Waals surface area contributed by atoms with Gasteiger partial charge in [0.2, 0.25) is 10.0 Å². The molecule has 0 bridgehead atoms. The van der Waals surface area contributed by atoms with Crippen LogP contribution in [0.25, 0.3) is 0 Å². The summed E-state index contributed by atoms with van der Waals surface area (Å²) in [4.78, 5) is 0. The van der Waals surface area contributed by atoms with Crippen molar-refractivity contribution in [1.29, 1.82) is 0 Å². The smallest absolute Gasteiger partial charge is 0.216 e. The Morgan fingerprint density at radius 1 is 1.16 bits per heavy atom. The quantitative estimate of drug-likeness (QED) is 0.818. The van der Waals surface area contributed by atoms with Gasteiger partial charge in [-0.3, -0.25) is 0 Å². The standard InChI is InChI=1S/C14H28N2O2S/c1-13(2,3)19(17,18)16-12-7-10-15-14(11-12)8-5-4-6-9-14/h12,15-16H,4-11H2,1-3H3. The second-order valence-corrected chi connectivity index (χ2v) is 9.66. The predicted molar refractivity (Wildman–Crippen MR) is 78.6 cm³/mol. The van der Waals surface area contributed by atoms with Gasteiger partial charge in [0, 0.05) is 11.6 Å². The maximum atomic E-state index is 12.3. The van der Waals surface area contributed by atoms with E-state index in [-0.39, 0.29) is 11.6 Å². The molecule has 0 aromatic heterocycles. The molecule has 0 aromatic rings. The van der Waals surface area contributed by atoms with Gasteiger partial charge in [0.05, 0.1) is 4.75 Å². The van der Waals surface area contributed by atoms with Gasteiger partial charge in [0.15, 0.2) is 0 Å². The van der Waals surface area contributed by atoms with E-state index in [0.29, 0.717) is 0 Å². The van der Waals surface area contributed by atoms with Crippen LogP contribution in [0.2, 0.25) is 0 Å². The van der Waals surface area contributed by atoms with E-state index in [9.17, 15) is 8.42 Å². The summed E-state index contributed by atoms with van der Waals surface area (Å²) in [7, 11) is -3.23. The Hall–Kier alpha value is -0.130. The minimum Gasteiger partial charge on any atom is -0.311 e. The van der Waals surface area contributed by atoms with Crippen molar-refractivity contribution in [3.63, 3.8) is 0 Å². The van der Waals surface area contributed by atoms with Crippen LogP contribution in [0.15, 0.2) is 0 Å². The molecule has 1 saturated heterocycles. The van der Waals surface area contributed by atoms with Gasteiger partial charge in [0.1, 0.15) is 0 Å². The van der Waals surface area contributed by atoms with Crippen LogP contribution < -0.4 is 10.0 Å². The summed E-state index contributed by atoms with van der Waals surface area (Å²) in [6, 6.07) is 0.101. The summed E-state index contributed by atoms with van der Waals surface area (Å²) in [6.45, 7) is 6.20. The number of hydrogen-bond acceptors (Lipinski definition) is 3. The molecule has 1 spiro atoms. The highest BCUT2D eigenvalue weighted by molar-refractivity contribution is 7.90. The van der Waals surface area contributed by atoms with Crippen LogP contribution in [0.4, 0.5) is 0 Å². The SMILES string of the molecule is CC(C)(C)S(=O)(=O)NC1CCNC2(CCCCC2)C1. The molecule has 1 saturated carbocycles. The number of piperidine rings is 1. The third-order valence-electron chi connectivity index (χ3n) is 4.57. The summed E-state index contributed by atoms with van der Waals surface area (Å²) in [5.41, 5.74) is 0.196. The van der Waals surface area contributed by atoms with E-state index >= 15 is 0 Å².